The molecule has 0 radical (unpaired) electrons. The summed E-state index contributed by atoms with van der Waals surface area (Å²) in [6, 6.07) is 8.95. The zero-order valence-electron chi connectivity index (χ0n) is 19.0. The van der Waals surface area contributed by atoms with Crippen LogP contribution in [0, 0.1) is 0 Å². The summed E-state index contributed by atoms with van der Waals surface area (Å²) < 4.78 is 0. The largest absolute Gasteiger partial charge is 0.383 e. The van der Waals surface area contributed by atoms with Crippen LogP contribution in [0.5, 0.6) is 0 Å². The molecule has 1 saturated heterocycles. The number of likely N-dealkylation sites (tertiary alicyclic amines) is 1. The first-order valence-corrected chi connectivity index (χ1v) is 12.4. The fraction of sp³-hybridized carbons (Fsp3) is 0.480. The van der Waals surface area contributed by atoms with E-state index in [2.05, 4.69) is 51.7 Å². The summed E-state index contributed by atoms with van der Waals surface area (Å²) in [5.74, 6) is 0.365. The minimum absolute atomic E-state index is 0.365. The van der Waals surface area contributed by atoms with Gasteiger partial charge in [0.1, 0.15) is 10.6 Å². The van der Waals surface area contributed by atoms with Crippen LogP contribution in [-0.2, 0) is 5.60 Å². The first kappa shape index (κ1) is 21.3. The predicted octanol–water partition coefficient (Wildman–Crippen LogP) is 5.11. The van der Waals surface area contributed by atoms with Gasteiger partial charge in [0, 0.05) is 35.1 Å². The fourth-order valence-electron chi connectivity index (χ4n) is 4.74. The number of aromatic nitrogens is 4. The van der Waals surface area contributed by atoms with Crippen molar-refractivity contribution in [1.82, 2.24) is 24.9 Å². The third kappa shape index (κ3) is 3.99. The van der Waals surface area contributed by atoms with Crippen molar-refractivity contribution in [2.45, 2.75) is 70.4 Å². The smallest absolute Gasteiger partial charge is 0.124 e. The number of rotatable bonds is 5. The monoisotopic (exact) mass is 449 g/mol. The molecule has 2 fully saturated rings. The first-order chi connectivity index (χ1) is 15.4. The van der Waals surface area contributed by atoms with Crippen molar-refractivity contribution in [3.63, 3.8) is 0 Å². The summed E-state index contributed by atoms with van der Waals surface area (Å²) in [5, 5.41) is 22.2. The first-order valence-electron chi connectivity index (χ1n) is 11.5. The van der Waals surface area contributed by atoms with Gasteiger partial charge in [-0.3, -0.25) is 0 Å². The number of piperidine rings is 1. The van der Waals surface area contributed by atoms with Gasteiger partial charge in [0.2, 0.25) is 0 Å². The summed E-state index contributed by atoms with van der Waals surface area (Å²) in [7, 11) is 0. The Morgan fingerprint density at radius 2 is 1.88 bits per heavy atom. The number of para-hydroxylation sites is 1. The quantitative estimate of drug-likeness (QED) is 0.586. The topological polar surface area (TPSA) is 67.1 Å². The molecule has 3 aromatic rings. The van der Waals surface area contributed by atoms with Gasteiger partial charge in [-0.15, -0.1) is 11.3 Å². The number of thiazole rings is 1. The van der Waals surface area contributed by atoms with E-state index in [0.717, 1.165) is 48.6 Å². The summed E-state index contributed by atoms with van der Waals surface area (Å²) >= 11 is 1.57. The lowest BCUT2D eigenvalue weighted by atomic mass is 9.84. The lowest BCUT2D eigenvalue weighted by molar-refractivity contribution is 0.0779. The highest BCUT2D eigenvalue weighted by Gasteiger charge is 2.33. The van der Waals surface area contributed by atoms with E-state index >= 15 is 0 Å². The van der Waals surface area contributed by atoms with Crippen molar-refractivity contribution in [2.75, 3.05) is 6.54 Å². The molecule has 1 aromatic carbocycles. The van der Waals surface area contributed by atoms with Crippen molar-refractivity contribution in [3.8, 4) is 5.69 Å². The van der Waals surface area contributed by atoms with Crippen LogP contribution in [-0.4, -0.2) is 42.6 Å². The minimum Gasteiger partial charge on any atom is -0.383 e. The van der Waals surface area contributed by atoms with Crippen molar-refractivity contribution in [2.24, 2.45) is 0 Å². The SMILES string of the molecule is C[C@@H]1CCC(c2csc(C(C)(C)O)n2)CN1C(=C1CCC1)c1ccccc1-n1nccn1. The molecule has 1 N–H and O–H groups in total. The van der Waals surface area contributed by atoms with E-state index < -0.39 is 5.60 Å². The Bertz CT molecular complexity index is 1110. The maximum absolute atomic E-state index is 10.4. The van der Waals surface area contributed by atoms with Crippen LogP contribution in [0.4, 0.5) is 0 Å². The Morgan fingerprint density at radius 3 is 2.53 bits per heavy atom. The Morgan fingerprint density at radius 1 is 1.12 bits per heavy atom. The van der Waals surface area contributed by atoms with Crippen LogP contribution in [0.2, 0.25) is 0 Å². The molecule has 2 aromatic heterocycles. The third-order valence-corrected chi connectivity index (χ3v) is 7.89. The van der Waals surface area contributed by atoms with Gasteiger partial charge in [-0.05, 0) is 64.5 Å². The second-order valence-corrected chi connectivity index (χ2v) is 10.4. The standard InChI is InChI=1S/C25H31N5OS/c1-17-11-12-19(21-16-32-24(28-21)25(2,3)31)15-29(17)23(18-7-6-8-18)20-9-4-5-10-22(20)30-26-13-14-27-30/h4-5,9-10,13-14,16-17,19,31H,6-8,11-12,15H2,1-3H3/t17-,19?/m1/s1. The zero-order chi connectivity index (χ0) is 22.3. The predicted molar refractivity (Wildman–Crippen MR) is 128 cm³/mol. The lowest BCUT2D eigenvalue weighted by Crippen LogP contribution is -2.41. The maximum Gasteiger partial charge on any atom is 0.124 e. The number of allylic oxidation sites excluding steroid dienone is 1. The molecule has 7 heteroatoms. The van der Waals surface area contributed by atoms with E-state index in [1.54, 1.807) is 28.5 Å². The van der Waals surface area contributed by atoms with Crippen molar-refractivity contribution in [3.05, 3.63) is 63.9 Å². The van der Waals surface area contributed by atoms with Gasteiger partial charge >= 0.3 is 0 Å². The summed E-state index contributed by atoms with van der Waals surface area (Å²) in [6.07, 6.45) is 9.28. The third-order valence-electron chi connectivity index (χ3n) is 6.72. The minimum atomic E-state index is -0.890. The van der Waals surface area contributed by atoms with E-state index in [4.69, 9.17) is 4.98 Å². The molecular formula is C25H31N5OS. The fourth-order valence-corrected chi connectivity index (χ4v) is 5.67. The Hall–Kier alpha value is -2.51. The van der Waals surface area contributed by atoms with Crippen molar-refractivity contribution in [1.29, 1.82) is 0 Å². The van der Waals surface area contributed by atoms with Crippen molar-refractivity contribution >= 4 is 17.0 Å². The van der Waals surface area contributed by atoms with E-state index in [1.165, 1.54) is 23.3 Å². The average molecular weight is 450 g/mol. The Kier molecular flexibility index (Phi) is 5.63. The second kappa shape index (κ2) is 8.45. The highest BCUT2D eigenvalue weighted by atomic mass is 32.1. The van der Waals surface area contributed by atoms with E-state index in [1.807, 2.05) is 13.8 Å². The van der Waals surface area contributed by atoms with Crippen LogP contribution < -0.4 is 0 Å². The van der Waals surface area contributed by atoms with Gasteiger partial charge < -0.3 is 10.0 Å². The van der Waals surface area contributed by atoms with Crippen LogP contribution >= 0.6 is 11.3 Å². The highest BCUT2D eigenvalue weighted by Crippen LogP contribution is 2.42. The molecule has 0 spiro atoms. The molecule has 1 aliphatic carbocycles. The zero-order valence-corrected chi connectivity index (χ0v) is 19.8. The molecule has 32 heavy (non-hydrogen) atoms. The summed E-state index contributed by atoms with van der Waals surface area (Å²) in [6.45, 7) is 6.90. The summed E-state index contributed by atoms with van der Waals surface area (Å²) in [5.41, 5.74) is 5.36. The molecule has 1 unspecified atom stereocenters. The van der Waals surface area contributed by atoms with Gasteiger partial charge in [-0.25, -0.2) is 4.98 Å². The molecule has 168 valence electrons. The molecule has 0 amide bonds. The maximum atomic E-state index is 10.4. The van der Waals surface area contributed by atoms with Crippen LogP contribution in [0.1, 0.15) is 75.1 Å². The van der Waals surface area contributed by atoms with Gasteiger partial charge in [-0.2, -0.15) is 15.0 Å². The lowest BCUT2D eigenvalue weighted by Gasteiger charge is -2.43. The van der Waals surface area contributed by atoms with Crippen LogP contribution in [0.25, 0.3) is 11.4 Å². The number of hydrogen-bond donors (Lipinski definition) is 1. The Balaban J connectivity index is 1.52. The molecular weight excluding hydrogens is 418 g/mol. The van der Waals surface area contributed by atoms with Crippen molar-refractivity contribution < 1.29 is 5.11 Å². The van der Waals surface area contributed by atoms with Gasteiger partial charge in [-0.1, -0.05) is 18.2 Å². The second-order valence-electron chi connectivity index (χ2n) is 9.55. The van der Waals surface area contributed by atoms with Crippen LogP contribution in [0.15, 0.2) is 47.6 Å². The van der Waals surface area contributed by atoms with E-state index in [9.17, 15) is 5.11 Å². The normalized spacial score (nSPS) is 21.5. The van der Waals surface area contributed by atoms with Crippen LogP contribution in [0.3, 0.4) is 0 Å². The van der Waals surface area contributed by atoms with E-state index in [-0.39, 0.29) is 0 Å². The molecule has 3 heterocycles. The molecule has 1 aliphatic heterocycles. The number of hydrogen-bond acceptors (Lipinski definition) is 6. The number of nitrogens with zero attached hydrogens (tertiary/aromatic N) is 5. The molecule has 1 saturated carbocycles. The van der Waals surface area contributed by atoms with E-state index in [0.29, 0.717) is 12.0 Å². The summed E-state index contributed by atoms with van der Waals surface area (Å²) in [4.78, 5) is 9.17. The average Bonchev–Trinajstić information content (AvgIpc) is 3.43. The molecule has 6 nitrogen and oxygen atoms in total. The number of aliphatic hydroxyl groups is 1. The van der Waals surface area contributed by atoms with Gasteiger partial charge in [0.05, 0.1) is 23.8 Å². The molecule has 0 bridgehead atoms. The molecule has 5 rings (SSSR count). The van der Waals surface area contributed by atoms with Gasteiger partial charge in [0.25, 0.3) is 0 Å². The van der Waals surface area contributed by atoms with Gasteiger partial charge in [0.15, 0.2) is 0 Å². The molecule has 2 aliphatic rings. The Labute approximate surface area is 193 Å². The highest BCUT2D eigenvalue weighted by molar-refractivity contribution is 7.09. The molecule has 2 atom stereocenters. The number of benzene rings is 1.